The Hall–Kier alpha value is -1.07. The zero-order valence-electron chi connectivity index (χ0n) is 18.2. The molecule has 3 aliphatic rings. The minimum Gasteiger partial charge on any atom is -0.396 e. The van der Waals surface area contributed by atoms with E-state index in [1.165, 1.54) is 6.42 Å². The minimum absolute atomic E-state index is 0.00677. The first-order valence-corrected chi connectivity index (χ1v) is 11.3. The van der Waals surface area contributed by atoms with Gasteiger partial charge in [0.1, 0.15) is 0 Å². The lowest BCUT2D eigenvalue weighted by atomic mass is 9.53. The van der Waals surface area contributed by atoms with E-state index in [1.54, 1.807) is 11.1 Å². The van der Waals surface area contributed by atoms with Gasteiger partial charge in [-0.3, -0.25) is 0 Å². The smallest absolute Gasteiger partial charge is 0.314 e. The molecular weight excluding hydrogens is 352 g/mol. The maximum Gasteiger partial charge on any atom is 0.314 e. The summed E-state index contributed by atoms with van der Waals surface area (Å²) in [5, 5.41) is 26.3. The third kappa shape index (κ3) is 3.97. The Labute approximate surface area is 170 Å². The molecule has 0 spiro atoms. The highest BCUT2D eigenvalue weighted by Gasteiger charge is 2.51. The molecule has 0 heterocycles. The van der Waals surface area contributed by atoms with E-state index in [2.05, 4.69) is 31.4 Å². The molecule has 3 rings (SSSR count). The highest BCUT2D eigenvalue weighted by molar-refractivity contribution is 5.73. The van der Waals surface area contributed by atoms with Gasteiger partial charge in [-0.25, -0.2) is 4.79 Å². The summed E-state index contributed by atoms with van der Waals surface area (Å²) in [4.78, 5) is 12.1. The Balaban J connectivity index is 1.89. The van der Waals surface area contributed by atoms with E-state index in [1.807, 2.05) is 6.92 Å². The second-order valence-corrected chi connectivity index (χ2v) is 10.2. The average Bonchev–Trinajstić information content (AvgIpc) is 2.97. The maximum atomic E-state index is 12.1. The molecule has 0 saturated heterocycles. The molecule has 28 heavy (non-hydrogen) atoms. The van der Waals surface area contributed by atoms with Crippen LogP contribution >= 0.6 is 0 Å². The van der Waals surface area contributed by atoms with Crippen molar-refractivity contribution in [2.45, 2.75) is 78.7 Å². The monoisotopic (exact) mass is 392 g/mol. The summed E-state index contributed by atoms with van der Waals surface area (Å²) >= 11 is 0. The van der Waals surface area contributed by atoms with Gasteiger partial charge in [-0.1, -0.05) is 31.9 Å². The lowest BCUT2D eigenvalue weighted by Gasteiger charge is -2.52. The average molecular weight is 393 g/mol. The van der Waals surface area contributed by atoms with E-state index in [-0.39, 0.29) is 35.5 Å². The first-order chi connectivity index (χ1) is 13.2. The lowest BCUT2D eigenvalue weighted by molar-refractivity contribution is -0.0580. The summed E-state index contributed by atoms with van der Waals surface area (Å²) in [6.07, 6.45) is 6.75. The van der Waals surface area contributed by atoms with Gasteiger partial charge in [0.2, 0.25) is 0 Å². The Bertz CT molecular complexity index is 615. The van der Waals surface area contributed by atoms with Crippen LogP contribution in [0.25, 0.3) is 0 Å². The number of carbonyl (C=O) groups is 1. The number of urea groups is 1. The van der Waals surface area contributed by atoms with Crippen molar-refractivity contribution < 1.29 is 15.0 Å². The Morgan fingerprint density at radius 2 is 1.89 bits per heavy atom. The number of aliphatic hydroxyl groups is 2. The van der Waals surface area contributed by atoms with E-state index in [0.29, 0.717) is 31.3 Å². The standard InChI is InChI=1S/C23H40N2O3/c1-5-24-21(28)25-13-18-17-9-10-22(2,3)19(17)6-7-20(18)23(4)11-8-16(27)12-15(23)14-26/h15-16,18,20,26-27H,5-14H2,1-4H3,(H2,24,25,28)/t15-,16+,18+,20+,23+/m1/s1. The number of nitrogens with one attached hydrogen (secondary N) is 2. The van der Waals surface area contributed by atoms with E-state index in [9.17, 15) is 15.0 Å². The number of rotatable bonds is 5. The molecule has 3 aliphatic carbocycles. The van der Waals surface area contributed by atoms with E-state index >= 15 is 0 Å². The van der Waals surface area contributed by atoms with Crippen molar-refractivity contribution in [2.75, 3.05) is 19.7 Å². The van der Waals surface area contributed by atoms with Gasteiger partial charge in [0.25, 0.3) is 0 Å². The Morgan fingerprint density at radius 3 is 2.57 bits per heavy atom. The zero-order valence-corrected chi connectivity index (χ0v) is 18.2. The predicted molar refractivity (Wildman–Crippen MR) is 112 cm³/mol. The molecule has 0 aromatic carbocycles. The molecule has 0 aromatic rings. The molecule has 160 valence electrons. The summed E-state index contributed by atoms with van der Waals surface area (Å²) in [7, 11) is 0. The number of hydrogen-bond donors (Lipinski definition) is 4. The molecule has 0 bridgehead atoms. The second kappa shape index (κ2) is 8.35. The topological polar surface area (TPSA) is 81.6 Å². The highest BCUT2D eigenvalue weighted by atomic mass is 16.3. The van der Waals surface area contributed by atoms with Crippen molar-refractivity contribution in [2.24, 2.45) is 28.6 Å². The van der Waals surface area contributed by atoms with Crippen molar-refractivity contribution in [3.8, 4) is 0 Å². The van der Waals surface area contributed by atoms with Gasteiger partial charge in [-0.15, -0.1) is 0 Å². The van der Waals surface area contributed by atoms with Gasteiger partial charge in [0, 0.05) is 25.6 Å². The summed E-state index contributed by atoms with van der Waals surface area (Å²) in [5.41, 5.74) is 3.46. The van der Waals surface area contributed by atoms with Gasteiger partial charge >= 0.3 is 6.03 Å². The van der Waals surface area contributed by atoms with E-state index in [4.69, 9.17) is 0 Å². The number of amides is 2. The van der Waals surface area contributed by atoms with Gasteiger partial charge in [0.05, 0.1) is 6.10 Å². The second-order valence-electron chi connectivity index (χ2n) is 10.2. The van der Waals surface area contributed by atoms with Crippen molar-refractivity contribution in [3.63, 3.8) is 0 Å². The quantitative estimate of drug-likeness (QED) is 0.540. The Morgan fingerprint density at radius 1 is 1.14 bits per heavy atom. The summed E-state index contributed by atoms with van der Waals surface area (Å²) in [5.74, 6) is 0.902. The normalized spacial score (nSPS) is 37.5. The maximum absolute atomic E-state index is 12.1. The molecule has 5 heteroatoms. The fraction of sp³-hybridized carbons (Fsp3) is 0.870. The van der Waals surface area contributed by atoms with Crippen molar-refractivity contribution in [1.29, 1.82) is 0 Å². The first kappa shape index (κ1) is 21.6. The summed E-state index contributed by atoms with van der Waals surface area (Å²) in [6, 6.07) is -0.0887. The van der Waals surface area contributed by atoms with Crippen LogP contribution in [0.3, 0.4) is 0 Å². The van der Waals surface area contributed by atoms with E-state index < -0.39 is 0 Å². The molecule has 0 unspecified atom stereocenters. The molecule has 0 radical (unpaired) electrons. The third-order valence-electron chi connectivity index (χ3n) is 8.26. The van der Waals surface area contributed by atoms with Crippen LogP contribution in [0.2, 0.25) is 0 Å². The fourth-order valence-corrected chi connectivity index (χ4v) is 6.48. The number of aliphatic hydroxyl groups excluding tert-OH is 2. The number of hydrogen-bond acceptors (Lipinski definition) is 3. The van der Waals surface area contributed by atoms with Gasteiger partial charge in [-0.2, -0.15) is 0 Å². The van der Waals surface area contributed by atoms with Crippen molar-refractivity contribution >= 4 is 6.03 Å². The van der Waals surface area contributed by atoms with Crippen LogP contribution in [0.4, 0.5) is 4.79 Å². The van der Waals surface area contributed by atoms with Gasteiger partial charge < -0.3 is 20.8 Å². The molecule has 0 aliphatic heterocycles. The molecular formula is C23H40N2O3. The fourth-order valence-electron chi connectivity index (χ4n) is 6.48. The van der Waals surface area contributed by atoms with Crippen LogP contribution in [0.1, 0.15) is 72.6 Å². The molecule has 0 aromatic heterocycles. The third-order valence-corrected chi connectivity index (χ3v) is 8.26. The number of carbonyl (C=O) groups excluding carboxylic acids is 1. The van der Waals surface area contributed by atoms with Crippen LogP contribution in [0, 0.1) is 28.6 Å². The summed E-state index contributed by atoms with van der Waals surface area (Å²) in [6.45, 7) is 10.4. The largest absolute Gasteiger partial charge is 0.396 e. The van der Waals surface area contributed by atoms with Crippen LogP contribution < -0.4 is 10.6 Å². The van der Waals surface area contributed by atoms with Crippen LogP contribution in [0.15, 0.2) is 11.1 Å². The lowest BCUT2D eigenvalue weighted by Crippen LogP contribution is -2.50. The zero-order chi connectivity index (χ0) is 20.5. The molecule has 5 nitrogen and oxygen atoms in total. The van der Waals surface area contributed by atoms with Gasteiger partial charge in [0.15, 0.2) is 0 Å². The van der Waals surface area contributed by atoms with Gasteiger partial charge in [-0.05, 0) is 74.5 Å². The van der Waals surface area contributed by atoms with Crippen LogP contribution in [0.5, 0.6) is 0 Å². The molecule has 1 fully saturated rings. The van der Waals surface area contributed by atoms with E-state index in [0.717, 1.165) is 32.1 Å². The SMILES string of the molecule is CCNC(=O)NC[C@H]1C2=C(CC[C@@H]1[C@@]1(C)CC[C@H](O)C[C@@H]1CO)C(C)(C)CC2. The first-order valence-electron chi connectivity index (χ1n) is 11.3. The van der Waals surface area contributed by atoms with Crippen LogP contribution in [-0.2, 0) is 0 Å². The number of allylic oxidation sites excluding steroid dienone is 1. The van der Waals surface area contributed by atoms with Crippen molar-refractivity contribution in [1.82, 2.24) is 10.6 Å². The Kier molecular flexibility index (Phi) is 6.45. The molecule has 2 amide bonds. The molecule has 1 saturated carbocycles. The molecule has 4 N–H and O–H groups in total. The minimum atomic E-state index is -0.291. The molecule has 5 atom stereocenters. The summed E-state index contributed by atoms with van der Waals surface area (Å²) < 4.78 is 0. The van der Waals surface area contributed by atoms with Crippen molar-refractivity contribution in [3.05, 3.63) is 11.1 Å². The predicted octanol–water partition coefficient (Wildman–Crippen LogP) is 3.61. The highest BCUT2D eigenvalue weighted by Crippen LogP contribution is 2.59. The van der Waals surface area contributed by atoms with Crippen LogP contribution in [-0.4, -0.2) is 42.0 Å².